The third-order valence-electron chi connectivity index (χ3n) is 2.30. The van der Waals surface area contributed by atoms with Crippen molar-refractivity contribution in [2.45, 2.75) is 6.10 Å². The zero-order chi connectivity index (χ0) is 12.4. The molecule has 0 amide bonds. The van der Waals surface area contributed by atoms with Gasteiger partial charge in [-0.1, -0.05) is 22.0 Å². The van der Waals surface area contributed by atoms with Crippen LogP contribution in [0.5, 0.6) is 0 Å². The third kappa shape index (κ3) is 2.68. The Morgan fingerprint density at radius 1 is 1.18 bits per heavy atom. The summed E-state index contributed by atoms with van der Waals surface area (Å²) in [6.45, 7) is 0. The lowest BCUT2D eigenvalue weighted by Crippen LogP contribution is -2.03. The molecule has 2 aromatic rings. The lowest BCUT2D eigenvalue weighted by Gasteiger charge is -2.12. The maximum absolute atomic E-state index is 13.6. The molecule has 0 spiro atoms. The number of nitrogens with zero attached hydrogens (tertiary/aromatic N) is 1. The molecule has 1 aromatic heterocycles. The Kier molecular flexibility index (Phi) is 3.49. The second-order valence-corrected chi connectivity index (χ2v) is 4.42. The Balaban J connectivity index is 2.40. The Morgan fingerprint density at radius 3 is 2.59 bits per heavy atom. The highest BCUT2D eigenvalue weighted by molar-refractivity contribution is 9.10. The zero-order valence-corrected chi connectivity index (χ0v) is 10.2. The number of halogens is 3. The minimum atomic E-state index is -1.23. The average molecular weight is 300 g/mol. The van der Waals surface area contributed by atoms with Crippen molar-refractivity contribution < 1.29 is 13.9 Å². The molecule has 5 heteroatoms. The van der Waals surface area contributed by atoms with Crippen molar-refractivity contribution in [3.8, 4) is 0 Å². The molecule has 1 N–H and O–H groups in total. The molecular weight excluding hydrogens is 292 g/mol. The molecule has 1 aromatic carbocycles. The van der Waals surface area contributed by atoms with Crippen LogP contribution in [0.4, 0.5) is 8.78 Å². The van der Waals surface area contributed by atoms with E-state index in [1.54, 1.807) is 6.07 Å². The predicted molar refractivity (Wildman–Crippen MR) is 62.4 cm³/mol. The van der Waals surface area contributed by atoms with Crippen molar-refractivity contribution in [1.29, 1.82) is 0 Å². The first-order valence-corrected chi connectivity index (χ1v) is 5.60. The van der Waals surface area contributed by atoms with Gasteiger partial charge in [-0.15, -0.1) is 0 Å². The van der Waals surface area contributed by atoms with E-state index >= 15 is 0 Å². The normalized spacial score (nSPS) is 12.5. The fourth-order valence-corrected chi connectivity index (χ4v) is 1.81. The SMILES string of the molecule is OC(c1cncc(F)c1)c1ccc(Br)cc1F. The van der Waals surface area contributed by atoms with Crippen molar-refractivity contribution in [2.24, 2.45) is 0 Å². The Labute approximate surface area is 105 Å². The number of aliphatic hydroxyl groups is 1. The maximum Gasteiger partial charge on any atom is 0.141 e. The van der Waals surface area contributed by atoms with Gasteiger partial charge in [-0.05, 0) is 18.2 Å². The summed E-state index contributed by atoms with van der Waals surface area (Å²) in [6.07, 6.45) is 1.09. The van der Waals surface area contributed by atoms with Crippen LogP contribution in [0.15, 0.2) is 41.1 Å². The Bertz CT molecular complexity index is 548. The van der Waals surface area contributed by atoms with E-state index in [-0.39, 0.29) is 11.1 Å². The fourth-order valence-electron chi connectivity index (χ4n) is 1.48. The molecule has 0 saturated carbocycles. The topological polar surface area (TPSA) is 33.1 Å². The van der Waals surface area contributed by atoms with Gasteiger partial charge < -0.3 is 5.11 Å². The number of aliphatic hydroxyl groups excluding tert-OH is 1. The van der Waals surface area contributed by atoms with Gasteiger partial charge in [-0.25, -0.2) is 8.78 Å². The van der Waals surface area contributed by atoms with E-state index in [2.05, 4.69) is 20.9 Å². The summed E-state index contributed by atoms with van der Waals surface area (Å²) < 4.78 is 27.1. The molecular formula is C12H8BrF2NO. The average Bonchev–Trinajstić information content (AvgIpc) is 2.28. The van der Waals surface area contributed by atoms with Crippen LogP contribution in [0.25, 0.3) is 0 Å². The van der Waals surface area contributed by atoms with E-state index in [0.717, 1.165) is 12.3 Å². The summed E-state index contributed by atoms with van der Waals surface area (Å²) in [4.78, 5) is 3.61. The molecule has 1 heterocycles. The molecule has 0 saturated heterocycles. The van der Waals surface area contributed by atoms with Crippen LogP contribution in [0, 0.1) is 11.6 Å². The molecule has 17 heavy (non-hydrogen) atoms. The van der Waals surface area contributed by atoms with E-state index < -0.39 is 17.7 Å². The molecule has 0 fully saturated rings. The molecule has 0 aliphatic heterocycles. The van der Waals surface area contributed by atoms with Crippen molar-refractivity contribution in [3.63, 3.8) is 0 Å². The van der Waals surface area contributed by atoms with Gasteiger partial charge in [0.05, 0.1) is 6.20 Å². The number of hydrogen-bond donors (Lipinski definition) is 1. The van der Waals surface area contributed by atoms with Crippen molar-refractivity contribution in [1.82, 2.24) is 4.98 Å². The summed E-state index contributed by atoms with van der Waals surface area (Å²) in [5.41, 5.74) is 0.298. The van der Waals surface area contributed by atoms with Crippen LogP contribution < -0.4 is 0 Å². The zero-order valence-electron chi connectivity index (χ0n) is 8.57. The van der Waals surface area contributed by atoms with Gasteiger partial charge in [0.1, 0.15) is 17.7 Å². The van der Waals surface area contributed by atoms with Crippen LogP contribution in [0.2, 0.25) is 0 Å². The van der Waals surface area contributed by atoms with E-state index in [1.165, 1.54) is 18.3 Å². The largest absolute Gasteiger partial charge is 0.383 e. The van der Waals surface area contributed by atoms with Gasteiger partial charge in [-0.2, -0.15) is 0 Å². The first-order valence-electron chi connectivity index (χ1n) is 4.81. The minimum absolute atomic E-state index is 0.0839. The second-order valence-electron chi connectivity index (χ2n) is 3.50. The number of pyridine rings is 1. The molecule has 2 rings (SSSR count). The molecule has 2 nitrogen and oxygen atoms in total. The minimum Gasteiger partial charge on any atom is -0.383 e. The number of hydrogen-bond acceptors (Lipinski definition) is 2. The van der Waals surface area contributed by atoms with Gasteiger partial charge in [-0.3, -0.25) is 4.98 Å². The molecule has 88 valence electrons. The van der Waals surface area contributed by atoms with Crippen LogP contribution in [-0.4, -0.2) is 10.1 Å². The van der Waals surface area contributed by atoms with Crippen molar-refractivity contribution in [2.75, 3.05) is 0 Å². The van der Waals surface area contributed by atoms with Crippen LogP contribution in [0.1, 0.15) is 17.2 Å². The molecule has 0 aliphatic rings. The van der Waals surface area contributed by atoms with Crippen LogP contribution >= 0.6 is 15.9 Å². The van der Waals surface area contributed by atoms with Crippen molar-refractivity contribution >= 4 is 15.9 Å². The van der Waals surface area contributed by atoms with Gasteiger partial charge in [0, 0.05) is 21.8 Å². The van der Waals surface area contributed by atoms with Crippen LogP contribution in [0.3, 0.4) is 0 Å². The second kappa shape index (κ2) is 4.89. The summed E-state index contributed by atoms with van der Waals surface area (Å²) in [5.74, 6) is -1.13. The first-order chi connectivity index (χ1) is 8.08. The van der Waals surface area contributed by atoms with Crippen molar-refractivity contribution in [3.05, 3.63) is 63.9 Å². The highest BCUT2D eigenvalue weighted by Gasteiger charge is 2.16. The fraction of sp³-hybridized carbons (Fsp3) is 0.0833. The Morgan fingerprint density at radius 2 is 1.94 bits per heavy atom. The van der Waals surface area contributed by atoms with Gasteiger partial charge in [0.2, 0.25) is 0 Å². The molecule has 0 radical (unpaired) electrons. The molecule has 1 atom stereocenters. The van der Waals surface area contributed by atoms with E-state index in [9.17, 15) is 13.9 Å². The monoisotopic (exact) mass is 299 g/mol. The van der Waals surface area contributed by atoms with E-state index in [4.69, 9.17) is 0 Å². The summed E-state index contributed by atoms with van der Waals surface area (Å²) in [5, 5.41) is 9.93. The highest BCUT2D eigenvalue weighted by Crippen LogP contribution is 2.26. The van der Waals surface area contributed by atoms with Gasteiger partial charge in [0.15, 0.2) is 0 Å². The van der Waals surface area contributed by atoms with E-state index in [0.29, 0.717) is 4.47 Å². The van der Waals surface area contributed by atoms with Gasteiger partial charge in [0.25, 0.3) is 0 Å². The molecule has 0 aliphatic carbocycles. The third-order valence-corrected chi connectivity index (χ3v) is 2.79. The Hall–Kier alpha value is -1.33. The lowest BCUT2D eigenvalue weighted by molar-refractivity contribution is 0.214. The molecule has 1 unspecified atom stereocenters. The maximum atomic E-state index is 13.6. The quantitative estimate of drug-likeness (QED) is 0.924. The first kappa shape index (κ1) is 12.1. The van der Waals surface area contributed by atoms with Gasteiger partial charge >= 0.3 is 0 Å². The van der Waals surface area contributed by atoms with Crippen LogP contribution in [-0.2, 0) is 0 Å². The summed E-state index contributed by atoms with van der Waals surface area (Å²) in [7, 11) is 0. The summed E-state index contributed by atoms with van der Waals surface area (Å²) >= 11 is 3.12. The smallest absolute Gasteiger partial charge is 0.141 e. The number of rotatable bonds is 2. The number of aromatic nitrogens is 1. The highest BCUT2D eigenvalue weighted by atomic mass is 79.9. The number of benzene rings is 1. The predicted octanol–water partition coefficient (Wildman–Crippen LogP) is 3.20. The molecule has 0 bridgehead atoms. The van der Waals surface area contributed by atoms with E-state index in [1.807, 2.05) is 0 Å². The lowest BCUT2D eigenvalue weighted by atomic mass is 10.0. The standard InChI is InChI=1S/C12H8BrF2NO/c13-8-1-2-10(11(15)4-8)12(17)7-3-9(14)6-16-5-7/h1-6,12,17H. The summed E-state index contributed by atoms with van der Waals surface area (Å²) in [6, 6.07) is 5.41.